The first kappa shape index (κ1) is 10.3. The Morgan fingerprint density at radius 3 is 2.62 bits per heavy atom. The Kier molecular flexibility index (Phi) is 5.25. The molecule has 3 heteroatoms. The molecule has 70 valence electrons. The fourth-order valence-electron chi connectivity index (χ4n) is 1.18. The number of benzene rings is 1. The predicted octanol–water partition coefficient (Wildman–Crippen LogP) is 3.42. The number of hydrogen-bond acceptors (Lipinski definition) is 3. The minimum absolute atomic E-state index is 0.844. The van der Waals surface area contributed by atoms with E-state index in [4.69, 9.17) is 0 Å². The second-order valence-electron chi connectivity index (χ2n) is 2.85. The highest BCUT2D eigenvalue weighted by Gasteiger charge is 1.92. The summed E-state index contributed by atoms with van der Waals surface area (Å²) in [6.07, 6.45) is 3.29. The highest BCUT2D eigenvalue weighted by molar-refractivity contribution is 7.97. The van der Waals surface area contributed by atoms with Crippen molar-refractivity contribution in [3.8, 4) is 0 Å². The van der Waals surface area contributed by atoms with Crippen molar-refractivity contribution in [2.75, 3.05) is 5.75 Å². The SMILES string of the molecule is O=NSCCCCc1ccccc1. The number of nitroso groups, excluding NO2 is 1. The van der Waals surface area contributed by atoms with E-state index in [-0.39, 0.29) is 0 Å². The lowest BCUT2D eigenvalue weighted by atomic mass is 10.1. The molecule has 0 aromatic heterocycles. The standard InChI is InChI=1S/C10H13NOS/c12-11-13-9-5-4-8-10-6-2-1-3-7-10/h1-3,6-7H,4-5,8-9H2. The average Bonchev–Trinajstić information content (AvgIpc) is 2.19. The van der Waals surface area contributed by atoms with Crippen LogP contribution in [-0.4, -0.2) is 5.75 Å². The maximum Gasteiger partial charge on any atom is 0.0203 e. The van der Waals surface area contributed by atoms with E-state index in [2.05, 4.69) is 28.8 Å². The summed E-state index contributed by atoms with van der Waals surface area (Å²) in [7, 11) is 0. The van der Waals surface area contributed by atoms with Gasteiger partial charge in [0.05, 0.1) is 0 Å². The molecule has 0 aliphatic rings. The first-order valence-corrected chi connectivity index (χ1v) is 5.36. The van der Waals surface area contributed by atoms with Gasteiger partial charge in [-0.25, -0.2) is 0 Å². The maximum absolute atomic E-state index is 9.75. The van der Waals surface area contributed by atoms with Crippen LogP contribution in [0.1, 0.15) is 18.4 Å². The highest BCUT2D eigenvalue weighted by atomic mass is 32.2. The minimum atomic E-state index is 0.844. The Hall–Kier alpha value is -0.830. The number of unbranched alkanes of at least 4 members (excludes halogenated alkanes) is 1. The van der Waals surface area contributed by atoms with Crippen molar-refractivity contribution >= 4 is 11.9 Å². The van der Waals surface area contributed by atoms with Crippen LogP contribution in [0.4, 0.5) is 0 Å². The van der Waals surface area contributed by atoms with Gasteiger partial charge in [0.25, 0.3) is 0 Å². The van der Waals surface area contributed by atoms with E-state index in [1.165, 1.54) is 5.56 Å². The zero-order valence-corrected chi connectivity index (χ0v) is 8.30. The van der Waals surface area contributed by atoms with Gasteiger partial charge >= 0.3 is 0 Å². The molecule has 0 bridgehead atoms. The van der Waals surface area contributed by atoms with Crippen LogP contribution < -0.4 is 0 Å². The molecule has 1 aromatic rings. The zero-order chi connectivity index (χ0) is 9.36. The third-order valence-corrected chi connectivity index (χ3v) is 2.42. The van der Waals surface area contributed by atoms with Crippen LogP contribution >= 0.6 is 11.9 Å². The van der Waals surface area contributed by atoms with E-state index in [0.29, 0.717) is 0 Å². The van der Waals surface area contributed by atoms with Gasteiger partial charge in [0.15, 0.2) is 0 Å². The first-order valence-electron chi connectivity index (χ1n) is 4.42. The van der Waals surface area contributed by atoms with Crippen molar-refractivity contribution in [3.63, 3.8) is 0 Å². The van der Waals surface area contributed by atoms with Crippen molar-refractivity contribution in [2.45, 2.75) is 19.3 Å². The molecule has 13 heavy (non-hydrogen) atoms. The Labute approximate surface area is 82.8 Å². The van der Waals surface area contributed by atoms with Crippen LogP contribution in [-0.2, 0) is 6.42 Å². The maximum atomic E-state index is 9.75. The van der Waals surface area contributed by atoms with Gasteiger partial charge < -0.3 is 0 Å². The molecule has 0 aliphatic heterocycles. The van der Waals surface area contributed by atoms with Crippen LogP contribution in [0.25, 0.3) is 0 Å². The Morgan fingerprint density at radius 1 is 1.15 bits per heavy atom. The first-order chi connectivity index (χ1) is 6.43. The summed E-state index contributed by atoms with van der Waals surface area (Å²) >= 11 is 1.11. The summed E-state index contributed by atoms with van der Waals surface area (Å²) < 4.78 is 2.75. The fraction of sp³-hybridized carbons (Fsp3) is 0.400. The van der Waals surface area contributed by atoms with E-state index in [9.17, 15) is 4.91 Å². The lowest BCUT2D eigenvalue weighted by Crippen LogP contribution is -1.85. The third-order valence-electron chi connectivity index (χ3n) is 1.85. The Balaban J connectivity index is 2.10. The molecule has 0 radical (unpaired) electrons. The quantitative estimate of drug-likeness (QED) is 0.395. The molecule has 0 spiro atoms. The molecule has 0 aliphatic carbocycles. The lowest BCUT2D eigenvalue weighted by Gasteiger charge is -1.98. The number of hydrogen-bond donors (Lipinski definition) is 0. The van der Waals surface area contributed by atoms with Gasteiger partial charge in [0.1, 0.15) is 0 Å². The molecule has 0 N–H and O–H groups in total. The van der Waals surface area contributed by atoms with Gasteiger partial charge in [-0.15, -0.1) is 4.91 Å². The Morgan fingerprint density at radius 2 is 1.92 bits per heavy atom. The summed E-state index contributed by atoms with van der Waals surface area (Å²) in [6, 6.07) is 10.4. The fourth-order valence-corrected chi connectivity index (χ4v) is 1.59. The number of aryl methyl sites for hydroxylation is 1. The Bertz CT molecular complexity index is 238. The number of nitrogens with zero attached hydrogens (tertiary/aromatic N) is 1. The van der Waals surface area contributed by atoms with E-state index < -0.39 is 0 Å². The van der Waals surface area contributed by atoms with Crippen LogP contribution in [0.3, 0.4) is 0 Å². The molecule has 0 saturated heterocycles. The summed E-state index contributed by atoms with van der Waals surface area (Å²) in [5.41, 5.74) is 1.37. The van der Waals surface area contributed by atoms with E-state index in [1.54, 1.807) is 0 Å². The monoisotopic (exact) mass is 195 g/mol. The van der Waals surface area contributed by atoms with E-state index in [1.807, 2.05) is 6.07 Å². The van der Waals surface area contributed by atoms with Crippen LogP contribution in [0.2, 0.25) is 0 Å². The predicted molar refractivity (Wildman–Crippen MR) is 57.6 cm³/mol. The van der Waals surface area contributed by atoms with Crippen LogP contribution in [0, 0.1) is 4.91 Å². The van der Waals surface area contributed by atoms with Gasteiger partial charge in [-0.2, -0.15) is 0 Å². The van der Waals surface area contributed by atoms with Crippen molar-refractivity contribution in [3.05, 3.63) is 40.8 Å². The second kappa shape index (κ2) is 6.66. The van der Waals surface area contributed by atoms with Gasteiger partial charge in [-0.3, -0.25) is 0 Å². The summed E-state index contributed by atoms with van der Waals surface area (Å²) in [6.45, 7) is 0. The zero-order valence-electron chi connectivity index (χ0n) is 7.48. The molecule has 2 nitrogen and oxygen atoms in total. The largest absolute Gasteiger partial charge is 0.137 e. The van der Waals surface area contributed by atoms with Gasteiger partial charge in [0, 0.05) is 22.3 Å². The third kappa shape index (κ3) is 4.68. The van der Waals surface area contributed by atoms with Crippen molar-refractivity contribution in [1.82, 2.24) is 0 Å². The van der Waals surface area contributed by atoms with Crippen LogP contribution in [0.15, 0.2) is 34.9 Å². The number of rotatable bonds is 6. The van der Waals surface area contributed by atoms with Gasteiger partial charge in [0.2, 0.25) is 0 Å². The molecule has 1 aromatic carbocycles. The molecule has 0 unspecified atom stereocenters. The molecular weight excluding hydrogens is 182 g/mol. The summed E-state index contributed by atoms with van der Waals surface area (Å²) in [5, 5.41) is 0. The minimum Gasteiger partial charge on any atom is -0.137 e. The van der Waals surface area contributed by atoms with E-state index in [0.717, 1.165) is 37.0 Å². The molecule has 0 fully saturated rings. The van der Waals surface area contributed by atoms with Crippen LogP contribution in [0.5, 0.6) is 0 Å². The topological polar surface area (TPSA) is 29.4 Å². The normalized spacial score (nSPS) is 9.85. The lowest BCUT2D eigenvalue weighted by molar-refractivity contribution is 0.803. The second-order valence-corrected chi connectivity index (χ2v) is 3.67. The van der Waals surface area contributed by atoms with E-state index >= 15 is 0 Å². The smallest absolute Gasteiger partial charge is 0.0203 e. The molecule has 0 saturated carbocycles. The average molecular weight is 195 g/mol. The van der Waals surface area contributed by atoms with Gasteiger partial charge in [-0.1, -0.05) is 30.3 Å². The summed E-state index contributed by atoms with van der Waals surface area (Å²) in [5.74, 6) is 0.844. The molecule has 0 amide bonds. The van der Waals surface area contributed by atoms with Gasteiger partial charge in [-0.05, 0) is 24.8 Å². The van der Waals surface area contributed by atoms with Crippen molar-refractivity contribution in [1.29, 1.82) is 0 Å². The van der Waals surface area contributed by atoms with Crippen molar-refractivity contribution < 1.29 is 0 Å². The molecule has 0 atom stereocenters. The molecular formula is C10H13NOS. The molecule has 0 heterocycles. The van der Waals surface area contributed by atoms with Crippen molar-refractivity contribution in [2.24, 2.45) is 4.58 Å². The summed E-state index contributed by atoms with van der Waals surface area (Å²) in [4.78, 5) is 9.75. The highest BCUT2D eigenvalue weighted by Crippen LogP contribution is 2.08. The molecule has 1 rings (SSSR count).